The van der Waals surface area contributed by atoms with Crippen LogP contribution in [-0.2, 0) is 12.5 Å². The molecule has 0 aliphatic heterocycles. The van der Waals surface area contributed by atoms with Gasteiger partial charge >= 0.3 is 6.01 Å². The van der Waals surface area contributed by atoms with Crippen LogP contribution in [0, 0.1) is 12.7 Å². The molecule has 0 aliphatic carbocycles. The van der Waals surface area contributed by atoms with E-state index in [4.69, 9.17) is 4.74 Å². The van der Waals surface area contributed by atoms with Gasteiger partial charge in [-0.05, 0) is 25.1 Å². The highest BCUT2D eigenvalue weighted by Crippen LogP contribution is 2.30. The third kappa shape index (κ3) is 4.15. The minimum atomic E-state index is -3.31. The largest absolute Gasteiger partial charge is 0.457 e. The first-order valence-electron chi connectivity index (χ1n) is 8.01. The summed E-state index contributed by atoms with van der Waals surface area (Å²) in [6.07, 6.45) is 3.12. The van der Waals surface area contributed by atoms with E-state index in [-0.39, 0.29) is 18.3 Å². The zero-order valence-electron chi connectivity index (χ0n) is 14.9. The van der Waals surface area contributed by atoms with Crippen molar-refractivity contribution in [2.45, 2.75) is 26.4 Å². The van der Waals surface area contributed by atoms with E-state index in [2.05, 4.69) is 25.6 Å². The first-order chi connectivity index (χ1) is 12.8. The van der Waals surface area contributed by atoms with E-state index in [1.165, 1.54) is 16.9 Å². The highest BCUT2D eigenvalue weighted by Gasteiger charge is 2.28. The standard InChI is InChI=1S/C17H17F3N6O/c1-10-7-22-16(23-15(10)21-3)27-9-11-8-26(25-24-11)12-4-5-14(18)13(6-12)17(2,19)20/h4-8H,9H2,1-3H3,(H,21,22,23). The summed E-state index contributed by atoms with van der Waals surface area (Å²) in [6.45, 7) is 2.53. The molecule has 0 fully saturated rings. The quantitative estimate of drug-likeness (QED) is 0.710. The van der Waals surface area contributed by atoms with Crippen LogP contribution < -0.4 is 10.1 Å². The number of rotatable bonds is 6. The van der Waals surface area contributed by atoms with E-state index in [0.717, 1.165) is 17.7 Å². The van der Waals surface area contributed by atoms with Crippen molar-refractivity contribution in [3.8, 4) is 11.7 Å². The van der Waals surface area contributed by atoms with Crippen molar-refractivity contribution < 1.29 is 17.9 Å². The van der Waals surface area contributed by atoms with Gasteiger partial charge in [-0.15, -0.1) is 5.10 Å². The molecular weight excluding hydrogens is 361 g/mol. The fourth-order valence-corrected chi connectivity index (χ4v) is 2.37. The van der Waals surface area contributed by atoms with Crippen LogP contribution >= 0.6 is 0 Å². The summed E-state index contributed by atoms with van der Waals surface area (Å²) in [5, 5.41) is 10.7. The van der Waals surface area contributed by atoms with Crippen LogP contribution in [0.25, 0.3) is 5.69 Å². The molecule has 7 nitrogen and oxygen atoms in total. The molecule has 0 unspecified atom stereocenters. The Hall–Kier alpha value is -3.17. The molecule has 2 aromatic heterocycles. The second-order valence-electron chi connectivity index (χ2n) is 5.93. The van der Waals surface area contributed by atoms with Crippen molar-refractivity contribution in [1.82, 2.24) is 25.0 Å². The SMILES string of the molecule is CNc1nc(OCc2cn(-c3ccc(F)c(C(C)(F)F)c3)nn2)ncc1C. The molecule has 3 rings (SSSR count). The Kier molecular flexibility index (Phi) is 4.98. The monoisotopic (exact) mass is 378 g/mol. The third-order valence-corrected chi connectivity index (χ3v) is 3.76. The van der Waals surface area contributed by atoms with Crippen LogP contribution in [0.3, 0.4) is 0 Å². The van der Waals surface area contributed by atoms with E-state index < -0.39 is 17.3 Å². The number of ether oxygens (including phenoxy) is 1. The predicted octanol–water partition coefficient (Wildman–Crippen LogP) is 3.24. The Labute approximate surface area is 153 Å². The van der Waals surface area contributed by atoms with Crippen molar-refractivity contribution in [3.63, 3.8) is 0 Å². The molecule has 0 atom stereocenters. The second-order valence-corrected chi connectivity index (χ2v) is 5.93. The first kappa shape index (κ1) is 18.6. The fraction of sp³-hybridized carbons (Fsp3) is 0.294. The number of alkyl halides is 2. The van der Waals surface area contributed by atoms with Crippen molar-refractivity contribution >= 4 is 5.82 Å². The fourth-order valence-electron chi connectivity index (χ4n) is 2.37. The lowest BCUT2D eigenvalue weighted by atomic mass is 10.1. The Morgan fingerprint density at radius 3 is 2.78 bits per heavy atom. The Morgan fingerprint density at radius 2 is 2.07 bits per heavy atom. The number of halogens is 3. The zero-order chi connectivity index (χ0) is 19.6. The first-order valence-corrected chi connectivity index (χ1v) is 8.01. The number of hydrogen-bond donors (Lipinski definition) is 1. The molecule has 2 heterocycles. The molecule has 0 radical (unpaired) electrons. The predicted molar refractivity (Wildman–Crippen MR) is 91.5 cm³/mol. The molecule has 142 valence electrons. The smallest absolute Gasteiger partial charge is 0.318 e. The van der Waals surface area contributed by atoms with Crippen LogP contribution in [0.2, 0.25) is 0 Å². The summed E-state index contributed by atoms with van der Waals surface area (Å²) in [5.74, 6) is -3.64. The average Bonchev–Trinajstić information content (AvgIpc) is 3.09. The number of aryl methyl sites for hydroxylation is 1. The second kappa shape index (κ2) is 7.22. The normalized spacial score (nSPS) is 11.5. The number of anilines is 1. The van der Waals surface area contributed by atoms with Crippen LogP contribution in [-0.4, -0.2) is 32.0 Å². The van der Waals surface area contributed by atoms with E-state index in [9.17, 15) is 13.2 Å². The van der Waals surface area contributed by atoms with E-state index in [0.29, 0.717) is 18.4 Å². The maximum absolute atomic E-state index is 13.6. The average molecular weight is 378 g/mol. The summed E-state index contributed by atoms with van der Waals surface area (Å²) in [4.78, 5) is 8.26. The lowest BCUT2D eigenvalue weighted by Crippen LogP contribution is -2.11. The minimum Gasteiger partial charge on any atom is -0.457 e. The molecule has 1 aromatic carbocycles. The van der Waals surface area contributed by atoms with Crippen molar-refractivity contribution in [2.75, 3.05) is 12.4 Å². The van der Waals surface area contributed by atoms with Gasteiger partial charge < -0.3 is 10.1 Å². The Balaban J connectivity index is 1.76. The van der Waals surface area contributed by atoms with Gasteiger partial charge in [-0.25, -0.2) is 22.8 Å². The number of nitrogens with one attached hydrogen (secondary N) is 1. The molecule has 27 heavy (non-hydrogen) atoms. The molecule has 1 N–H and O–H groups in total. The van der Waals surface area contributed by atoms with Gasteiger partial charge in [0, 0.05) is 25.7 Å². The van der Waals surface area contributed by atoms with Crippen molar-refractivity contribution in [1.29, 1.82) is 0 Å². The van der Waals surface area contributed by atoms with Crippen LogP contribution in [0.1, 0.15) is 23.7 Å². The molecule has 3 aromatic rings. The molecule has 0 spiro atoms. The van der Waals surface area contributed by atoms with Gasteiger partial charge in [-0.1, -0.05) is 5.21 Å². The van der Waals surface area contributed by atoms with E-state index >= 15 is 0 Å². The van der Waals surface area contributed by atoms with Crippen molar-refractivity contribution in [2.24, 2.45) is 0 Å². The summed E-state index contributed by atoms with van der Waals surface area (Å²) < 4.78 is 47.3. The summed E-state index contributed by atoms with van der Waals surface area (Å²) in [7, 11) is 1.74. The summed E-state index contributed by atoms with van der Waals surface area (Å²) in [5.41, 5.74) is 0.853. The molecule has 0 bridgehead atoms. The number of aromatic nitrogens is 5. The van der Waals surface area contributed by atoms with Crippen LogP contribution in [0.15, 0.2) is 30.6 Å². The highest BCUT2D eigenvalue weighted by molar-refractivity contribution is 5.42. The minimum absolute atomic E-state index is 0.0319. The van der Waals surface area contributed by atoms with Crippen LogP contribution in [0.5, 0.6) is 6.01 Å². The molecular formula is C17H17F3N6O. The Bertz CT molecular complexity index is 954. The number of hydrogen-bond acceptors (Lipinski definition) is 6. The molecule has 0 saturated carbocycles. The van der Waals surface area contributed by atoms with Gasteiger partial charge in [0.05, 0.1) is 17.4 Å². The number of nitrogens with zero attached hydrogens (tertiary/aromatic N) is 5. The van der Waals surface area contributed by atoms with Crippen molar-refractivity contribution in [3.05, 3.63) is 53.2 Å². The molecule has 10 heteroatoms. The van der Waals surface area contributed by atoms with E-state index in [1.807, 2.05) is 6.92 Å². The third-order valence-electron chi connectivity index (χ3n) is 3.76. The topological polar surface area (TPSA) is 77.8 Å². The van der Waals surface area contributed by atoms with Gasteiger partial charge in [-0.3, -0.25) is 0 Å². The maximum atomic E-state index is 13.6. The summed E-state index contributed by atoms with van der Waals surface area (Å²) in [6, 6.07) is 3.51. The van der Waals surface area contributed by atoms with Gasteiger partial charge in [-0.2, -0.15) is 4.98 Å². The lowest BCUT2D eigenvalue weighted by molar-refractivity contribution is 0.0137. The molecule has 0 saturated heterocycles. The molecule has 0 aliphatic rings. The van der Waals surface area contributed by atoms with Crippen LogP contribution in [0.4, 0.5) is 19.0 Å². The lowest BCUT2D eigenvalue weighted by Gasteiger charge is -2.12. The maximum Gasteiger partial charge on any atom is 0.318 e. The Morgan fingerprint density at radius 1 is 1.30 bits per heavy atom. The van der Waals surface area contributed by atoms with Gasteiger partial charge in [0.25, 0.3) is 5.92 Å². The van der Waals surface area contributed by atoms with Gasteiger partial charge in [0.1, 0.15) is 23.9 Å². The molecule has 0 amide bonds. The summed E-state index contributed by atoms with van der Waals surface area (Å²) >= 11 is 0. The highest BCUT2D eigenvalue weighted by atomic mass is 19.3. The van der Waals surface area contributed by atoms with Gasteiger partial charge in [0.2, 0.25) is 0 Å². The van der Waals surface area contributed by atoms with E-state index in [1.54, 1.807) is 13.2 Å². The van der Waals surface area contributed by atoms with Gasteiger partial charge in [0.15, 0.2) is 0 Å². The zero-order valence-corrected chi connectivity index (χ0v) is 14.9. The number of benzene rings is 1.